The van der Waals surface area contributed by atoms with Crippen molar-refractivity contribution in [2.45, 2.75) is 6.10 Å². The van der Waals surface area contributed by atoms with Crippen LogP contribution in [0, 0.1) is 0 Å². The van der Waals surface area contributed by atoms with Crippen LogP contribution >= 0.6 is 0 Å². The predicted octanol–water partition coefficient (Wildman–Crippen LogP) is -1.03. The van der Waals surface area contributed by atoms with Crippen molar-refractivity contribution in [3.63, 3.8) is 0 Å². The molecule has 0 saturated heterocycles. The van der Waals surface area contributed by atoms with Crippen LogP contribution in [0.3, 0.4) is 0 Å². The Morgan fingerprint density at radius 1 is 1.40 bits per heavy atom. The van der Waals surface area contributed by atoms with Crippen LogP contribution < -0.4 is 0 Å². The zero-order chi connectivity index (χ0) is 7.98. The van der Waals surface area contributed by atoms with Crippen molar-refractivity contribution in [2.24, 2.45) is 0 Å². The van der Waals surface area contributed by atoms with E-state index in [1.807, 2.05) is 0 Å². The number of rotatable bonds is 3. The van der Waals surface area contributed by atoms with E-state index in [9.17, 15) is 4.79 Å². The molecule has 0 rings (SSSR count). The Bertz CT molecular complexity index is 97.9. The number of hydrogen-bond donors (Lipinski definition) is 3. The number of carbonyl (C=O) groups is 1. The molecule has 0 radical (unpaired) electrons. The van der Waals surface area contributed by atoms with Crippen molar-refractivity contribution in [2.75, 3.05) is 13.2 Å². The van der Waals surface area contributed by atoms with E-state index in [1.54, 1.807) is 0 Å². The van der Waals surface area contributed by atoms with E-state index in [4.69, 9.17) is 15.5 Å². The van der Waals surface area contributed by atoms with Gasteiger partial charge in [0.2, 0.25) is 0 Å². The fourth-order valence-corrected chi connectivity index (χ4v) is 0.290. The third-order valence-electron chi connectivity index (χ3n) is 0.745. The summed E-state index contributed by atoms with van der Waals surface area (Å²) < 4.78 is 4.09. The minimum atomic E-state index is -1.35. The number of aliphatic hydroxyl groups is 2. The van der Waals surface area contributed by atoms with Crippen molar-refractivity contribution in [3.8, 4) is 0 Å². The van der Waals surface area contributed by atoms with Crippen LogP contribution in [-0.4, -0.2) is 40.9 Å². The molecule has 0 aliphatic rings. The van der Waals surface area contributed by atoms with Crippen LogP contribution in [0.2, 0.25) is 0 Å². The highest BCUT2D eigenvalue weighted by Gasteiger charge is 2.12. The summed E-state index contributed by atoms with van der Waals surface area (Å²) in [7, 11) is 0. The van der Waals surface area contributed by atoms with E-state index in [1.165, 1.54) is 0 Å². The molecule has 0 amide bonds. The van der Waals surface area contributed by atoms with Gasteiger partial charge < -0.3 is 14.9 Å². The maximum Gasteiger partial charge on any atom is 0.540 e. The molecule has 0 heterocycles. The van der Waals surface area contributed by atoms with E-state index < -0.39 is 25.5 Å². The van der Waals surface area contributed by atoms with E-state index in [2.05, 4.69) is 9.62 Å². The van der Waals surface area contributed by atoms with Crippen LogP contribution in [0.1, 0.15) is 0 Å². The maximum atomic E-state index is 10.0. The van der Waals surface area contributed by atoms with Gasteiger partial charge >= 0.3 is 6.16 Å². The highest BCUT2D eigenvalue weighted by molar-refractivity contribution is 5.59. The summed E-state index contributed by atoms with van der Waals surface area (Å²) >= 11 is 0. The number of carbonyl (C=O) groups excluding carboxylic acids is 1. The van der Waals surface area contributed by atoms with Crippen molar-refractivity contribution in [1.29, 1.82) is 0 Å². The standard InChI is InChI=1S/C4H8O6/c5-1-3(2-6)9-4(7)10-8/h3,5-6,8H,1-2H2. The lowest BCUT2D eigenvalue weighted by atomic mass is 10.4. The zero-order valence-electron chi connectivity index (χ0n) is 5.06. The van der Waals surface area contributed by atoms with Crippen molar-refractivity contribution >= 4 is 6.16 Å². The van der Waals surface area contributed by atoms with Crippen LogP contribution in [-0.2, 0) is 9.62 Å². The molecule has 0 aromatic carbocycles. The molecular weight excluding hydrogens is 144 g/mol. The van der Waals surface area contributed by atoms with Crippen molar-refractivity contribution < 1.29 is 29.9 Å². The Kier molecular flexibility index (Phi) is 4.55. The second-order valence-electron chi connectivity index (χ2n) is 1.45. The molecule has 6 heteroatoms. The van der Waals surface area contributed by atoms with Gasteiger partial charge in [-0.05, 0) is 0 Å². The van der Waals surface area contributed by atoms with Gasteiger partial charge in [-0.1, -0.05) is 0 Å². The van der Waals surface area contributed by atoms with Crippen molar-refractivity contribution in [3.05, 3.63) is 0 Å². The van der Waals surface area contributed by atoms with Gasteiger partial charge in [-0.25, -0.2) is 4.79 Å². The Morgan fingerprint density at radius 3 is 2.20 bits per heavy atom. The fraction of sp³-hybridized carbons (Fsp3) is 0.750. The van der Waals surface area contributed by atoms with Gasteiger partial charge in [0.1, 0.15) is 0 Å². The Labute approximate surface area is 56.5 Å². The molecule has 10 heavy (non-hydrogen) atoms. The molecule has 0 aromatic heterocycles. The summed E-state index contributed by atoms with van der Waals surface area (Å²) in [5.74, 6) is 0. The number of aliphatic hydroxyl groups excluding tert-OH is 2. The molecular formula is C4H8O6. The van der Waals surface area contributed by atoms with Crippen LogP contribution in [0.25, 0.3) is 0 Å². The zero-order valence-corrected chi connectivity index (χ0v) is 5.06. The molecule has 0 unspecified atom stereocenters. The Balaban J connectivity index is 3.52. The SMILES string of the molecule is O=C(OO)OC(CO)CO. The smallest absolute Gasteiger partial charge is 0.424 e. The molecule has 0 saturated carbocycles. The third kappa shape index (κ3) is 3.23. The molecule has 0 spiro atoms. The summed E-state index contributed by atoms with van der Waals surface area (Å²) in [6, 6.07) is 0. The predicted molar refractivity (Wildman–Crippen MR) is 28.2 cm³/mol. The molecule has 6 nitrogen and oxygen atoms in total. The van der Waals surface area contributed by atoms with Gasteiger partial charge in [0.05, 0.1) is 13.2 Å². The van der Waals surface area contributed by atoms with Gasteiger partial charge in [-0.3, -0.25) is 4.89 Å². The van der Waals surface area contributed by atoms with Gasteiger partial charge in [0, 0.05) is 0 Å². The summed E-state index contributed by atoms with van der Waals surface area (Å²) in [6.45, 7) is -1.04. The average molecular weight is 152 g/mol. The normalized spacial score (nSPS) is 9.60. The van der Waals surface area contributed by atoms with Gasteiger partial charge in [0.25, 0.3) is 0 Å². The van der Waals surface area contributed by atoms with Crippen LogP contribution in [0.4, 0.5) is 4.79 Å². The summed E-state index contributed by atoms with van der Waals surface area (Å²) in [5.41, 5.74) is 0. The molecule has 0 atom stereocenters. The lowest BCUT2D eigenvalue weighted by Gasteiger charge is -2.08. The van der Waals surface area contributed by atoms with E-state index in [0.717, 1.165) is 0 Å². The topological polar surface area (TPSA) is 96.2 Å². The molecule has 3 N–H and O–H groups in total. The monoisotopic (exact) mass is 152 g/mol. The minimum absolute atomic E-state index is 0.522. The average Bonchev–Trinajstić information content (AvgIpc) is 1.99. The first-order valence-corrected chi connectivity index (χ1v) is 2.48. The second kappa shape index (κ2) is 4.98. The molecule has 60 valence electrons. The first-order valence-electron chi connectivity index (χ1n) is 2.48. The molecule has 0 aromatic rings. The fourth-order valence-electron chi connectivity index (χ4n) is 0.290. The second-order valence-corrected chi connectivity index (χ2v) is 1.45. The van der Waals surface area contributed by atoms with Gasteiger partial charge in [0.15, 0.2) is 6.10 Å². The van der Waals surface area contributed by atoms with Crippen LogP contribution in [0.5, 0.6) is 0 Å². The number of hydrogen-bond acceptors (Lipinski definition) is 6. The van der Waals surface area contributed by atoms with Gasteiger partial charge in [-0.2, -0.15) is 5.26 Å². The summed E-state index contributed by atoms with van der Waals surface area (Å²) in [4.78, 5) is 13.1. The molecule has 0 fully saturated rings. The Morgan fingerprint density at radius 2 is 1.90 bits per heavy atom. The summed E-state index contributed by atoms with van der Waals surface area (Å²) in [5, 5.41) is 24.2. The lowest BCUT2D eigenvalue weighted by molar-refractivity contribution is -0.208. The van der Waals surface area contributed by atoms with E-state index in [-0.39, 0.29) is 0 Å². The molecule has 0 aliphatic heterocycles. The van der Waals surface area contributed by atoms with E-state index >= 15 is 0 Å². The van der Waals surface area contributed by atoms with Crippen LogP contribution in [0.15, 0.2) is 0 Å². The molecule has 0 aliphatic carbocycles. The maximum absolute atomic E-state index is 10.0. The highest BCUT2D eigenvalue weighted by Crippen LogP contribution is 1.91. The largest absolute Gasteiger partial charge is 0.540 e. The molecule has 0 bridgehead atoms. The minimum Gasteiger partial charge on any atom is -0.424 e. The van der Waals surface area contributed by atoms with Crippen molar-refractivity contribution in [1.82, 2.24) is 0 Å². The lowest BCUT2D eigenvalue weighted by Crippen LogP contribution is -2.25. The number of ether oxygens (including phenoxy) is 1. The summed E-state index contributed by atoms with van der Waals surface area (Å²) in [6.07, 6.45) is -2.40. The quantitative estimate of drug-likeness (QED) is 0.271. The third-order valence-corrected chi connectivity index (χ3v) is 0.745. The first kappa shape index (κ1) is 9.15. The highest BCUT2D eigenvalue weighted by atomic mass is 17.1. The van der Waals surface area contributed by atoms with Gasteiger partial charge in [-0.15, -0.1) is 0 Å². The Hall–Kier alpha value is -0.850. The first-order chi connectivity index (χ1) is 4.74. The van der Waals surface area contributed by atoms with E-state index in [0.29, 0.717) is 0 Å².